The molecule has 1 atom stereocenters. The van der Waals surface area contributed by atoms with Crippen molar-refractivity contribution in [2.45, 2.75) is 59.7 Å². The quantitative estimate of drug-likeness (QED) is 0.548. The van der Waals surface area contributed by atoms with Gasteiger partial charge in [0.1, 0.15) is 0 Å². The van der Waals surface area contributed by atoms with E-state index in [1.807, 2.05) is 0 Å². The normalized spacial score (nSPS) is 14.7. The van der Waals surface area contributed by atoms with Crippen LogP contribution in [0.3, 0.4) is 0 Å². The predicted molar refractivity (Wildman–Crippen MR) is 60.2 cm³/mol. The molecule has 0 amide bonds. The van der Waals surface area contributed by atoms with Gasteiger partial charge in [0.25, 0.3) is 0 Å². The fourth-order valence-corrected chi connectivity index (χ4v) is 1.74. The van der Waals surface area contributed by atoms with Gasteiger partial charge < -0.3 is 0 Å². The summed E-state index contributed by atoms with van der Waals surface area (Å²) in [7, 11) is 0. The summed E-state index contributed by atoms with van der Waals surface area (Å²) < 4.78 is 0. The van der Waals surface area contributed by atoms with E-state index in [0.29, 0.717) is 0 Å². The molecular formula is C11H23B. The fraction of sp³-hybridized carbons (Fsp3) is 0.909. The van der Waals surface area contributed by atoms with Crippen molar-refractivity contribution in [2.24, 2.45) is 5.92 Å². The van der Waals surface area contributed by atoms with E-state index in [1.54, 1.807) is 5.46 Å². The first-order valence-corrected chi connectivity index (χ1v) is 5.23. The van der Waals surface area contributed by atoms with E-state index in [9.17, 15) is 0 Å². The summed E-state index contributed by atoms with van der Waals surface area (Å²) in [5.74, 6) is 1.57. The predicted octanol–water partition coefficient (Wildman–Crippen LogP) is 3.54. The van der Waals surface area contributed by atoms with Crippen molar-refractivity contribution in [1.82, 2.24) is 0 Å². The van der Waals surface area contributed by atoms with Crippen LogP contribution >= 0.6 is 0 Å². The van der Waals surface area contributed by atoms with Crippen molar-refractivity contribution in [1.29, 1.82) is 0 Å². The van der Waals surface area contributed by atoms with Crippen LogP contribution in [0, 0.1) is 5.92 Å². The summed E-state index contributed by atoms with van der Waals surface area (Å²) in [6, 6.07) is 0. The van der Waals surface area contributed by atoms with Gasteiger partial charge >= 0.3 is 78.0 Å². The van der Waals surface area contributed by atoms with Crippen LogP contribution in [0.15, 0.2) is 0 Å². The third-order valence-electron chi connectivity index (χ3n) is 2.04. The van der Waals surface area contributed by atoms with Gasteiger partial charge in [-0.05, 0) is 0 Å². The number of hydrogen-bond donors (Lipinski definition) is 0. The third kappa shape index (κ3) is 6.63. The van der Waals surface area contributed by atoms with Gasteiger partial charge in [-0.2, -0.15) is 0 Å². The van der Waals surface area contributed by atoms with Crippen LogP contribution < -0.4 is 0 Å². The topological polar surface area (TPSA) is 0 Å². The SMILES string of the molecule is CCCC(C)B=C(C)CC(C)C. The second kappa shape index (κ2) is 6.45. The van der Waals surface area contributed by atoms with E-state index in [4.69, 9.17) is 0 Å². The molecule has 0 fully saturated rings. The Labute approximate surface area is 78.7 Å². The van der Waals surface area contributed by atoms with Gasteiger partial charge in [-0.3, -0.25) is 0 Å². The summed E-state index contributed by atoms with van der Waals surface area (Å²) in [5.41, 5.74) is 1.56. The molecule has 0 saturated heterocycles. The zero-order valence-corrected chi connectivity index (χ0v) is 9.35. The van der Waals surface area contributed by atoms with Crippen LogP contribution in [-0.4, -0.2) is 12.4 Å². The van der Waals surface area contributed by atoms with Crippen LogP contribution in [0.2, 0.25) is 5.82 Å². The van der Waals surface area contributed by atoms with Gasteiger partial charge in [-0.1, -0.05) is 0 Å². The first kappa shape index (κ1) is 11.9. The maximum atomic E-state index is 2.43. The molecule has 0 aromatic heterocycles. The van der Waals surface area contributed by atoms with E-state index in [1.165, 1.54) is 19.3 Å². The first-order valence-electron chi connectivity index (χ1n) is 5.23. The van der Waals surface area contributed by atoms with Crippen LogP contribution in [0.1, 0.15) is 53.9 Å². The summed E-state index contributed by atoms with van der Waals surface area (Å²) in [4.78, 5) is 0. The van der Waals surface area contributed by atoms with E-state index in [-0.39, 0.29) is 0 Å². The van der Waals surface area contributed by atoms with E-state index >= 15 is 0 Å². The van der Waals surface area contributed by atoms with Crippen molar-refractivity contribution in [3.63, 3.8) is 0 Å². The molecule has 1 heteroatoms. The average molecular weight is 166 g/mol. The Kier molecular flexibility index (Phi) is 6.42. The van der Waals surface area contributed by atoms with Crippen LogP contribution in [0.5, 0.6) is 0 Å². The minimum atomic E-state index is 0.772. The van der Waals surface area contributed by atoms with Crippen molar-refractivity contribution in [3.05, 3.63) is 0 Å². The average Bonchev–Trinajstić information content (AvgIpc) is 1.84. The van der Waals surface area contributed by atoms with Crippen LogP contribution in [0.4, 0.5) is 0 Å². The molecule has 0 bridgehead atoms. The molecule has 0 saturated carbocycles. The van der Waals surface area contributed by atoms with Gasteiger partial charge in [0, 0.05) is 0 Å². The molecule has 70 valence electrons. The van der Waals surface area contributed by atoms with Crippen molar-refractivity contribution >= 4 is 12.4 Å². The third-order valence-corrected chi connectivity index (χ3v) is 2.04. The minimum absolute atomic E-state index is 0.772. The summed E-state index contributed by atoms with van der Waals surface area (Å²) in [6.45, 7) is 13.8. The molecule has 0 spiro atoms. The van der Waals surface area contributed by atoms with Crippen LogP contribution in [-0.2, 0) is 0 Å². The molecule has 0 radical (unpaired) electrons. The van der Waals surface area contributed by atoms with Crippen LogP contribution in [0.25, 0.3) is 0 Å². The molecule has 0 rings (SSSR count). The molecule has 0 heterocycles. The Hall–Kier alpha value is -0.0651. The second-order valence-electron chi connectivity index (χ2n) is 4.38. The summed E-state index contributed by atoms with van der Waals surface area (Å²) in [5, 5.41) is 0. The molecule has 0 aliphatic carbocycles. The summed E-state index contributed by atoms with van der Waals surface area (Å²) >= 11 is 0. The zero-order chi connectivity index (χ0) is 9.56. The van der Waals surface area contributed by atoms with E-state index < -0.39 is 0 Å². The standard InChI is InChI=1S/C11H23B/c1-6-7-10(4)12-11(5)8-9(2)3/h9-10H,6-8H2,1-5H3. The van der Waals surface area contributed by atoms with Crippen molar-refractivity contribution in [2.75, 3.05) is 0 Å². The molecule has 0 aromatic rings. The van der Waals surface area contributed by atoms with Crippen molar-refractivity contribution < 1.29 is 0 Å². The molecular weight excluding hydrogens is 143 g/mol. The van der Waals surface area contributed by atoms with E-state index in [0.717, 1.165) is 11.7 Å². The Morgan fingerprint density at radius 3 is 2.25 bits per heavy atom. The van der Waals surface area contributed by atoms with Gasteiger partial charge in [0.05, 0.1) is 0 Å². The Balaban J connectivity index is 3.80. The van der Waals surface area contributed by atoms with Crippen molar-refractivity contribution in [3.8, 4) is 0 Å². The molecule has 12 heavy (non-hydrogen) atoms. The Morgan fingerprint density at radius 2 is 1.83 bits per heavy atom. The maximum absolute atomic E-state index is 2.43. The summed E-state index contributed by atoms with van der Waals surface area (Å²) in [6.07, 6.45) is 3.89. The number of hydrogen-bond acceptors (Lipinski definition) is 0. The molecule has 0 nitrogen and oxygen atoms in total. The van der Waals surface area contributed by atoms with Gasteiger partial charge in [-0.15, -0.1) is 0 Å². The van der Waals surface area contributed by atoms with Gasteiger partial charge in [0.2, 0.25) is 0 Å². The Bertz CT molecular complexity index is 136. The Morgan fingerprint density at radius 1 is 1.25 bits per heavy atom. The molecule has 1 unspecified atom stereocenters. The zero-order valence-electron chi connectivity index (χ0n) is 9.35. The molecule has 0 aliphatic rings. The molecule has 0 aliphatic heterocycles. The van der Waals surface area contributed by atoms with Gasteiger partial charge in [0.15, 0.2) is 0 Å². The monoisotopic (exact) mass is 166 g/mol. The van der Waals surface area contributed by atoms with E-state index in [2.05, 4.69) is 41.5 Å². The fourth-order valence-electron chi connectivity index (χ4n) is 1.74. The molecule has 0 aromatic carbocycles. The van der Waals surface area contributed by atoms with Gasteiger partial charge in [-0.25, -0.2) is 0 Å². The first-order chi connectivity index (χ1) is 5.56. The number of rotatable bonds is 5. The second-order valence-corrected chi connectivity index (χ2v) is 4.38. The molecule has 0 N–H and O–H groups in total.